The Kier molecular flexibility index (Phi) is 6.85. The van der Waals surface area contributed by atoms with E-state index in [9.17, 15) is 10.1 Å². The van der Waals surface area contributed by atoms with Crippen LogP contribution < -0.4 is 16.4 Å². The fraction of sp³-hybridized carbons (Fsp3) is 0.346. The van der Waals surface area contributed by atoms with Gasteiger partial charge in [-0.2, -0.15) is 5.26 Å². The second-order valence-electron chi connectivity index (χ2n) is 8.77. The molecule has 7 heteroatoms. The summed E-state index contributed by atoms with van der Waals surface area (Å²) < 4.78 is 0.795. The zero-order valence-electron chi connectivity index (χ0n) is 18.9. The number of carbonyl (C=O) groups excluding carboxylic acids is 1. The first-order chi connectivity index (χ1) is 15.9. The monoisotopic (exact) mass is 505 g/mol. The van der Waals surface area contributed by atoms with Gasteiger partial charge in [-0.25, -0.2) is 0 Å². The van der Waals surface area contributed by atoms with Gasteiger partial charge >= 0.3 is 0 Å². The third-order valence-corrected chi connectivity index (χ3v) is 7.02. The van der Waals surface area contributed by atoms with E-state index in [0.717, 1.165) is 51.9 Å². The van der Waals surface area contributed by atoms with Crippen LogP contribution in [-0.4, -0.2) is 10.8 Å². The zero-order valence-corrected chi connectivity index (χ0v) is 20.5. The molecule has 0 fully saturated rings. The van der Waals surface area contributed by atoms with Gasteiger partial charge < -0.3 is 16.4 Å². The molecule has 1 aromatic heterocycles. The van der Waals surface area contributed by atoms with Crippen molar-refractivity contribution in [1.29, 1.82) is 5.26 Å². The molecule has 0 saturated carbocycles. The fourth-order valence-corrected chi connectivity index (χ4v) is 5.54. The van der Waals surface area contributed by atoms with E-state index in [4.69, 9.17) is 5.73 Å². The number of dihydropyridines is 1. The van der Waals surface area contributed by atoms with Crippen molar-refractivity contribution in [3.05, 3.63) is 74.8 Å². The van der Waals surface area contributed by atoms with Crippen LogP contribution in [0.25, 0.3) is 0 Å². The highest BCUT2D eigenvalue weighted by atomic mass is 79.9. The summed E-state index contributed by atoms with van der Waals surface area (Å²) in [5.74, 6) is 0.0647. The van der Waals surface area contributed by atoms with Gasteiger partial charge in [0.05, 0.1) is 28.9 Å². The van der Waals surface area contributed by atoms with Crippen molar-refractivity contribution >= 4 is 33.1 Å². The van der Waals surface area contributed by atoms with Crippen LogP contribution in [0.3, 0.4) is 0 Å². The summed E-state index contributed by atoms with van der Waals surface area (Å²) >= 11 is 3.65. The lowest BCUT2D eigenvalue weighted by Gasteiger charge is -2.35. The number of rotatable bonds is 6. The molecule has 2 aliphatic rings. The van der Waals surface area contributed by atoms with E-state index < -0.39 is 5.92 Å². The van der Waals surface area contributed by atoms with Crippen molar-refractivity contribution in [2.45, 2.75) is 52.0 Å². The highest BCUT2D eigenvalue weighted by Gasteiger charge is 2.38. The Morgan fingerprint density at radius 2 is 2.18 bits per heavy atom. The van der Waals surface area contributed by atoms with Gasteiger partial charge in [0.25, 0.3) is 0 Å². The van der Waals surface area contributed by atoms with Gasteiger partial charge in [-0.3, -0.25) is 9.78 Å². The van der Waals surface area contributed by atoms with Crippen LogP contribution in [-0.2, 0) is 11.3 Å². The maximum Gasteiger partial charge on any atom is 0.161 e. The predicted molar refractivity (Wildman–Crippen MR) is 134 cm³/mol. The Hall–Kier alpha value is -3.11. The second-order valence-corrected chi connectivity index (χ2v) is 9.62. The van der Waals surface area contributed by atoms with Crippen LogP contribution in [0.15, 0.2) is 63.7 Å². The molecule has 2 unspecified atom stereocenters. The van der Waals surface area contributed by atoms with Gasteiger partial charge in [0, 0.05) is 46.8 Å². The first-order valence-corrected chi connectivity index (χ1v) is 12.1. The van der Waals surface area contributed by atoms with Crippen LogP contribution in [0, 0.1) is 17.2 Å². The summed E-state index contributed by atoms with van der Waals surface area (Å²) in [4.78, 5) is 17.4. The van der Waals surface area contributed by atoms with Gasteiger partial charge in [-0.15, -0.1) is 0 Å². The lowest BCUT2D eigenvalue weighted by atomic mass is 9.72. The van der Waals surface area contributed by atoms with Crippen LogP contribution in [0.1, 0.15) is 56.6 Å². The summed E-state index contributed by atoms with van der Waals surface area (Å²) in [5.41, 5.74) is 12.7. The molecule has 1 aliphatic carbocycles. The van der Waals surface area contributed by atoms with E-state index in [0.29, 0.717) is 35.7 Å². The number of nitrogens with two attached hydrogens (primary N) is 1. The number of nitriles is 1. The molecule has 2 heterocycles. The minimum absolute atomic E-state index is 0.126. The minimum atomic E-state index is -0.410. The minimum Gasteiger partial charge on any atom is -0.397 e. The Labute approximate surface area is 203 Å². The molecule has 1 aromatic carbocycles. The lowest BCUT2D eigenvalue weighted by molar-refractivity contribution is -0.117. The van der Waals surface area contributed by atoms with Gasteiger partial charge in [0.1, 0.15) is 0 Å². The van der Waals surface area contributed by atoms with Gasteiger partial charge in [0.2, 0.25) is 0 Å². The average molecular weight is 506 g/mol. The number of nitrogen functional groups attached to an aromatic ring is 1. The molecule has 2 atom stereocenters. The number of halogens is 1. The predicted octanol–water partition coefficient (Wildman–Crippen LogP) is 5.56. The Morgan fingerprint density at radius 3 is 2.85 bits per heavy atom. The number of ketones is 1. The summed E-state index contributed by atoms with van der Waals surface area (Å²) in [6, 6.07) is 10.1. The van der Waals surface area contributed by atoms with Gasteiger partial charge in [-0.1, -0.05) is 19.4 Å². The zero-order chi connectivity index (χ0) is 23.5. The summed E-state index contributed by atoms with van der Waals surface area (Å²) in [6.07, 6.45) is 7.00. The molecule has 4 N–H and O–H groups in total. The first-order valence-electron chi connectivity index (χ1n) is 11.3. The Morgan fingerprint density at radius 1 is 1.36 bits per heavy atom. The molecule has 0 amide bonds. The van der Waals surface area contributed by atoms with E-state index in [1.807, 2.05) is 37.4 Å². The molecule has 0 spiro atoms. The number of allylic oxidation sites excluding steroid dienone is 4. The van der Waals surface area contributed by atoms with E-state index in [2.05, 4.69) is 44.5 Å². The summed E-state index contributed by atoms with van der Waals surface area (Å²) in [5, 5.41) is 16.7. The molecule has 4 rings (SSSR count). The molecule has 170 valence electrons. The van der Waals surface area contributed by atoms with Crippen LogP contribution >= 0.6 is 15.9 Å². The van der Waals surface area contributed by atoms with Gasteiger partial charge in [-0.05, 0) is 70.9 Å². The van der Waals surface area contributed by atoms with Crippen molar-refractivity contribution in [3.8, 4) is 6.07 Å². The van der Waals surface area contributed by atoms with Crippen LogP contribution in [0.5, 0.6) is 0 Å². The van der Waals surface area contributed by atoms with Crippen molar-refractivity contribution < 1.29 is 4.79 Å². The van der Waals surface area contributed by atoms with Crippen molar-refractivity contribution in [2.75, 3.05) is 11.1 Å². The molecule has 6 nitrogen and oxygen atoms in total. The number of pyridine rings is 1. The molecular formula is C26H28BrN5O. The van der Waals surface area contributed by atoms with E-state index in [1.165, 1.54) is 0 Å². The smallest absolute Gasteiger partial charge is 0.161 e. The average Bonchev–Trinajstić information content (AvgIpc) is 2.78. The van der Waals surface area contributed by atoms with Gasteiger partial charge in [0.15, 0.2) is 5.78 Å². The fourth-order valence-electron chi connectivity index (χ4n) is 4.91. The maximum absolute atomic E-state index is 13.3. The largest absolute Gasteiger partial charge is 0.397 e. The maximum atomic E-state index is 13.3. The number of hydrogen-bond acceptors (Lipinski definition) is 6. The van der Waals surface area contributed by atoms with Crippen molar-refractivity contribution in [3.63, 3.8) is 0 Å². The van der Waals surface area contributed by atoms with E-state index in [-0.39, 0.29) is 5.78 Å². The second kappa shape index (κ2) is 9.80. The lowest BCUT2D eigenvalue weighted by Crippen LogP contribution is -2.34. The van der Waals surface area contributed by atoms with Crippen molar-refractivity contribution in [2.24, 2.45) is 5.92 Å². The number of benzene rings is 1. The number of Topliss-reactive ketones (excluding diaryl/α,β-unsaturated/α-hetero) is 1. The Bertz CT molecular complexity index is 1160. The number of anilines is 2. The normalized spacial score (nSPS) is 20.2. The summed E-state index contributed by atoms with van der Waals surface area (Å²) in [6.45, 7) is 4.64. The molecule has 0 saturated heterocycles. The standard InChI is InChI=1S/C26H28BrN5O/c1-3-5-16-8-22-25(23(33)9-16)24(19(12-28)15(2)32-22)18-10-20(27)26(21(29)11-18)31-14-17-6-4-7-30-13-17/h4,6-7,10-11,13,16,24,31-32H,3,5,8-9,14,29H2,1-2H3. The quantitative estimate of drug-likeness (QED) is 0.444. The summed E-state index contributed by atoms with van der Waals surface area (Å²) in [7, 11) is 0. The van der Waals surface area contributed by atoms with Crippen molar-refractivity contribution in [1.82, 2.24) is 10.3 Å². The molecular weight excluding hydrogens is 478 g/mol. The molecule has 33 heavy (non-hydrogen) atoms. The van der Waals surface area contributed by atoms with Crippen LogP contribution in [0.2, 0.25) is 0 Å². The number of aromatic nitrogens is 1. The Balaban J connectivity index is 1.70. The third-order valence-electron chi connectivity index (χ3n) is 6.40. The number of nitrogens with zero attached hydrogens (tertiary/aromatic N) is 2. The topological polar surface area (TPSA) is 104 Å². The molecule has 0 bridgehead atoms. The third kappa shape index (κ3) is 4.67. The van der Waals surface area contributed by atoms with E-state index in [1.54, 1.807) is 6.20 Å². The highest BCUT2D eigenvalue weighted by molar-refractivity contribution is 9.10. The van der Waals surface area contributed by atoms with E-state index >= 15 is 0 Å². The first kappa shape index (κ1) is 23.1. The molecule has 0 radical (unpaired) electrons. The van der Waals surface area contributed by atoms with Crippen LogP contribution in [0.4, 0.5) is 11.4 Å². The molecule has 1 aliphatic heterocycles. The number of hydrogen-bond donors (Lipinski definition) is 3. The number of nitrogens with one attached hydrogen (secondary N) is 2. The highest BCUT2D eigenvalue weighted by Crippen LogP contribution is 2.45. The molecule has 2 aromatic rings. The number of carbonyl (C=O) groups is 1. The SMILES string of the molecule is CCCC1CC(=O)C2=C(C1)NC(C)=C(C#N)C2c1cc(N)c(NCc2cccnc2)c(Br)c1.